The molecule has 5 rings (SSSR count). The standard InChI is InChI=1S/C26H25FN6O3/c1-26(2,36)14-29-25-28-11-16-12-33(13-22(16)30-25)24(35)19-9-15(7-8-20(19)27)10-21-17-5-3-4-6-18(17)23(34)32-31-21/h3-9,11,36H,10,12-14H2,1-2H3,(H,32,34)(H,28,29,30). The molecule has 0 unspecified atom stereocenters. The van der Waals surface area contributed by atoms with Crippen LogP contribution >= 0.6 is 0 Å². The number of aromatic amines is 1. The molecule has 0 radical (unpaired) electrons. The van der Waals surface area contributed by atoms with E-state index < -0.39 is 17.3 Å². The normalized spacial score (nSPS) is 13.2. The van der Waals surface area contributed by atoms with E-state index in [1.165, 1.54) is 17.0 Å². The quantitative estimate of drug-likeness (QED) is 0.381. The molecule has 0 fully saturated rings. The summed E-state index contributed by atoms with van der Waals surface area (Å²) in [7, 11) is 0. The van der Waals surface area contributed by atoms with E-state index in [0.29, 0.717) is 40.1 Å². The Bertz CT molecular complexity index is 1530. The van der Waals surface area contributed by atoms with Crippen molar-refractivity contribution in [3.8, 4) is 0 Å². The van der Waals surface area contributed by atoms with E-state index in [4.69, 9.17) is 0 Å². The van der Waals surface area contributed by atoms with Crippen molar-refractivity contribution in [3.05, 3.63) is 92.9 Å². The maximum absolute atomic E-state index is 14.8. The van der Waals surface area contributed by atoms with Gasteiger partial charge in [-0.1, -0.05) is 24.3 Å². The molecule has 1 aliphatic rings. The topological polar surface area (TPSA) is 124 Å². The number of benzene rings is 2. The van der Waals surface area contributed by atoms with Crippen molar-refractivity contribution in [2.24, 2.45) is 0 Å². The van der Waals surface area contributed by atoms with Gasteiger partial charge in [0.05, 0.1) is 34.5 Å². The number of rotatable bonds is 6. The molecule has 0 saturated carbocycles. The van der Waals surface area contributed by atoms with Crippen LogP contribution < -0.4 is 10.9 Å². The molecule has 36 heavy (non-hydrogen) atoms. The summed E-state index contributed by atoms with van der Waals surface area (Å²) in [5.41, 5.74) is 1.55. The van der Waals surface area contributed by atoms with Gasteiger partial charge in [-0.3, -0.25) is 9.59 Å². The van der Waals surface area contributed by atoms with Gasteiger partial charge < -0.3 is 15.3 Å². The van der Waals surface area contributed by atoms with E-state index in [2.05, 4.69) is 25.5 Å². The average molecular weight is 489 g/mol. The summed E-state index contributed by atoms with van der Waals surface area (Å²) in [4.78, 5) is 35.6. The number of hydrogen-bond donors (Lipinski definition) is 3. The van der Waals surface area contributed by atoms with Crippen LogP contribution in [-0.4, -0.2) is 48.2 Å². The molecule has 0 saturated heterocycles. The Hall–Kier alpha value is -4.18. The number of amides is 1. The van der Waals surface area contributed by atoms with Crippen LogP contribution in [0.2, 0.25) is 0 Å². The van der Waals surface area contributed by atoms with Crippen LogP contribution in [0.3, 0.4) is 0 Å². The molecule has 0 bridgehead atoms. The van der Waals surface area contributed by atoms with Crippen LogP contribution in [0.4, 0.5) is 10.3 Å². The minimum absolute atomic E-state index is 0.0395. The summed E-state index contributed by atoms with van der Waals surface area (Å²) in [5, 5.41) is 20.8. The fraction of sp³-hybridized carbons (Fsp3) is 0.269. The van der Waals surface area contributed by atoms with Gasteiger partial charge in [0.15, 0.2) is 0 Å². The van der Waals surface area contributed by atoms with Crippen LogP contribution in [0, 0.1) is 5.82 Å². The second-order valence-corrected chi connectivity index (χ2v) is 9.53. The van der Waals surface area contributed by atoms with Crippen molar-refractivity contribution in [2.45, 2.75) is 39.0 Å². The van der Waals surface area contributed by atoms with Gasteiger partial charge in [-0.25, -0.2) is 19.5 Å². The van der Waals surface area contributed by atoms with Crippen LogP contribution in [0.1, 0.15) is 46.7 Å². The fourth-order valence-electron chi connectivity index (χ4n) is 4.19. The third-order valence-electron chi connectivity index (χ3n) is 6.03. The van der Waals surface area contributed by atoms with Gasteiger partial charge in [0.2, 0.25) is 5.95 Å². The zero-order valence-corrected chi connectivity index (χ0v) is 19.9. The molecule has 9 nitrogen and oxygen atoms in total. The first-order chi connectivity index (χ1) is 17.2. The molecule has 0 atom stereocenters. The highest BCUT2D eigenvalue weighted by Gasteiger charge is 2.28. The maximum Gasteiger partial charge on any atom is 0.272 e. The Morgan fingerprint density at radius 2 is 1.97 bits per heavy atom. The number of fused-ring (bicyclic) bond motifs is 2. The van der Waals surface area contributed by atoms with Crippen molar-refractivity contribution in [1.29, 1.82) is 0 Å². The molecule has 2 aromatic carbocycles. The van der Waals surface area contributed by atoms with Crippen molar-refractivity contribution >= 4 is 22.6 Å². The van der Waals surface area contributed by atoms with Gasteiger partial charge in [-0.15, -0.1) is 0 Å². The van der Waals surface area contributed by atoms with Crippen LogP contribution in [0.15, 0.2) is 53.5 Å². The number of halogens is 1. The molecule has 1 amide bonds. The zero-order valence-electron chi connectivity index (χ0n) is 19.9. The lowest BCUT2D eigenvalue weighted by Gasteiger charge is -2.17. The SMILES string of the molecule is CC(C)(O)CNc1ncc2c(n1)CN(C(=O)c1cc(Cc3n[nH]c(=O)c4ccccc34)ccc1F)C2. The number of aromatic nitrogens is 4. The molecule has 4 aromatic rings. The first kappa shape index (κ1) is 23.6. The van der Waals surface area contributed by atoms with Gasteiger partial charge in [-0.05, 0) is 37.6 Å². The molecule has 0 spiro atoms. The Balaban J connectivity index is 1.36. The Morgan fingerprint density at radius 1 is 1.19 bits per heavy atom. The summed E-state index contributed by atoms with van der Waals surface area (Å²) in [5.74, 6) is -0.700. The lowest BCUT2D eigenvalue weighted by atomic mass is 10.0. The van der Waals surface area contributed by atoms with E-state index in [-0.39, 0.29) is 30.8 Å². The summed E-state index contributed by atoms with van der Waals surface area (Å²) < 4.78 is 14.8. The van der Waals surface area contributed by atoms with E-state index in [9.17, 15) is 19.1 Å². The Labute approximate surface area is 206 Å². The highest BCUT2D eigenvalue weighted by molar-refractivity contribution is 5.95. The van der Waals surface area contributed by atoms with E-state index >= 15 is 0 Å². The molecule has 3 N–H and O–H groups in total. The van der Waals surface area contributed by atoms with Gasteiger partial charge >= 0.3 is 0 Å². The Morgan fingerprint density at radius 3 is 2.75 bits per heavy atom. The molecule has 2 aromatic heterocycles. The number of H-pyrrole nitrogens is 1. The summed E-state index contributed by atoms with van der Waals surface area (Å²) >= 11 is 0. The van der Waals surface area contributed by atoms with Gasteiger partial charge in [-0.2, -0.15) is 5.10 Å². The summed E-state index contributed by atoms with van der Waals surface area (Å²) in [6, 6.07) is 11.6. The molecule has 10 heteroatoms. The predicted molar refractivity (Wildman–Crippen MR) is 132 cm³/mol. The van der Waals surface area contributed by atoms with Crippen molar-refractivity contribution in [1.82, 2.24) is 25.1 Å². The van der Waals surface area contributed by atoms with Crippen LogP contribution in [-0.2, 0) is 19.5 Å². The highest BCUT2D eigenvalue weighted by atomic mass is 19.1. The Kier molecular flexibility index (Phi) is 5.97. The van der Waals surface area contributed by atoms with Crippen LogP contribution in [0.5, 0.6) is 0 Å². The largest absolute Gasteiger partial charge is 0.389 e. The lowest BCUT2D eigenvalue weighted by molar-refractivity contribution is 0.0745. The van der Waals surface area contributed by atoms with E-state index in [0.717, 1.165) is 5.56 Å². The predicted octanol–water partition coefficient (Wildman–Crippen LogP) is 2.78. The van der Waals surface area contributed by atoms with E-state index in [1.807, 2.05) is 12.1 Å². The smallest absolute Gasteiger partial charge is 0.272 e. The van der Waals surface area contributed by atoms with Crippen molar-refractivity contribution < 1.29 is 14.3 Å². The number of anilines is 1. The number of carbonyl (C=O) groups is 1. The monoisotopic (exact) mass is 488 g/mol. The molecule has 0 aliphatic carbocycles. The number of nitrogens with one attached hydrogen (secondary N) is 2. The average Bonchev–Trinajstić information content (AvgIpc) is 3.28. The van der Waals surface area contributed by atoms with Crippen molar-refractivity contribution in [2.75, 3.05) is 11.9 Å². The van der Waals surface area contributed by atoms with E-state index in [1.54, 1.807) is 38.2 Å². The molecule has 184 valence electrons. The molecule has 1 aliphatic heterocycles. The highest BCUT2D eigenvalue weighted by Crippen LogP contribution is 2.25. The second kappa shape index (κ2) is 9.12. The van der Waals surface area contributed by atoms with Crippen molar-refractivity contribution in [3.63, 3.8) is 0 Å². The fourth-order valence-corrected chi connectivity index (χ4v) is 4.19. The third kappa shape index (κ3) is 4.80. The van der Waals surface area contributed by atoms with Crippen LogP contribution in [0.25, 0.3) is 10.8 Å². The minimum Gasteiger partial charge on any atom is -0.389 e. The first-order valence-electron chi connectivity index (χ1n) is 11.5. The summed E-state index contributed by atoms with van der Waals surface area (Å²) in [6.07, 6.45) is 1.96. The molecule has 3 heterocycles. The molecular formula is C26H25FN6O3. The minimum atomic E-state index is -0.927. The lowest BCUT2D eigenvalue weighted by Crippen LogP contribution is -2.30. The zero-order chi connectivity index (χ0) is 25.4. The second-order valence-electron chi connectivity index (χ2n) is 9.53. The molecular weight excluding hydrogens is 463 g/mol. The first-order valence-corrected chi connectivity index (χ1v) is 11.5. The van der Waals surface area contributed by atoms with Gasteiger partial charge in [0.1, 0.15) is 5.82 Å². The number of carbonyl (C=O) groups excluding carboxylic acids is 1. The van der Waals surface area contributed by atoms with Gasteiger partial charge in [0.25, 0.3) is 11.5 Å². The number of hydrogen-bond acceptors (Lipinski definition) is 7. The maximum atomic E-state index is 14.8. The third-order valence-corrected chi connectivity index (χ3v) is 6.03. The number of aliphatic hydroxyl groups is 1. The number of nitrogens with zero attached hydrogens (tertiary/aromatic N) is 4. The summed E-state index contributed by atoms with van der Waals surface area (Å²) in [6.45, 7) is 4.11. The van der Waals surface area contributed by atoms with Gasteiger partial charge in [0, 0.05) is 36.7 Å².